The molecule has 0 amide bonds. The number of rotatable bonds is 3. The van der Waals surface area contributed by atoms with E-state index in [9.17, 15) is 17.7 Å². The first kappa shape index (κ1) is 18.2. The molecule has 0 aliphatic rings. The van der Waals surface area contributed by atoms with Crippen LogP contribution in [0, 0.1) is 0 Å². The molecule has 4 aromatic rings. The van der Waals surface area contributed by atoms with Crippen LogP contribution in [-0.2, 0) is 24.4 Å². The first-order valence-electron chi connectivity index (χ1n) is 7.96. The van der Waals surface area contributed by atoms with Crippen LogP contribution in [0.2, 0.25) is 0 Å². The number of hydrogen-bond donors (Lipinski definition) is 0. The Morgan fingerprint density at radius 1 is 1.26 bits per heavy atom. The van der Waals surface area contributed by atoms with Crippen LogP contribution in [0.5, 0.6) is 0 Å². The normalized spacial score (nSPS) is 13.6. The average Bonchev–Trinajstić information content (AvgIpc) is 3.23. The number of thiophene rings is 1. The van der Waals surface area contributed by atoms with E-state index in [1.165, 1.54) is 11.3 Å². The molecule has 1 atom stereocenters. The summed E-state index contributed by atoms with van der Waals surface area (Å²) in [5.41, 5.74) is 0.0142. The van der Waals surface area contributed by atoms with Crippen LogP contribution in [0.25, 0.3) is 32.6 Å². The van der Waals surface area contributed by atoms with Gasteiger partial charge in [0.2, 0.25) is 0 Å². The minimum absolute atomic E-state index is 0.162. The summed E-state index contributed by atoms with van der Waals surface area (Å²) < 4.78 is 54.1. The van der Waals surface area contributed by atoms with Gasteiger partial charge in [0.1, 0.15) is 11.4 Å². The fraction of sp³-hybridized carbons (Fsp3) is 0.235. The van der Waals surface area contributed by atoms with Crippen molar-refractivity contribution in [3.05, 3.63) is 35.6 Å². The Bertz CT molecular complexity index is 1150. The zero-order chi connectivity index (χ0) is 19.3. The number of nitrogens with zero attached hydrogens (tertiary/aromatic N) is 4. The summed E-state index contributed by atoms with van der Waals surface area (Å²) in [6.45, 7) is 1.81. The largest absolute Gasteiger partial charge is 0.611 e. The minimum atomic E-state index is -4.55. The molecule has 0 spiro atoms. The molecule has 0 saturated carbocycles. The van der Waals surface area contributed by atoms with E-state index in [0.29, 0.717) is 27.7 Å². The minimum Gasteiger partial charge on any atom is -0.611 e. The van der Waals surface area contributed by atoms with Crippen LogP contribution in [0.15, 0.2) is 34.8 Å². The Morgan fingerprint density at radius 3 is 2.74 bits per heavy atom. The van der Waals surface area contributed by atoms with Crippen LogP contribution in [0.4, 0.5) is 13.2 Å². The van der Waals surface area contributed by atoms with E-state index in [1.807, 2.05) is 11.4 Å². The molecule has 0 aliphatic carbocycles. The maximum atomic E-state index is 13.0. The fourth-order valence-corrected chi connectivity index (χ4v) is 4.81. The van der Waals surface area contributed by atoms with Gasteiger partial charge in [0.25, 0.3) is 0 Å². The number of pyridine rings is 2. The van der Waals surface area contributed by atoms with Crippen LogP contribution in [0.3, 0.4) is 0 Å². The van der Waals surface area contributed by atoms with E-state index >= 15 is 0 Å². The highest BCUT2D eigenvalue weighted by atomic mass is 32.2. The third kappa shape index (κ3) is 2.97. The first-order chi connectivity index (χ1) is 12.8. The van der Waals surface area contributed by atoms with Crippen molar-refractivity contribution < 1.29 is 17.7 Å². The Kier molecular flexibility index (Phi) is 4.36. The summed E-state index contributed by atoms with van der Waals surface area (Å²) in [6, 6.07) is 2.79. The van der Waals surface area contributed by atoms with Crippen molar-refractivity contribution in [2.75, 3.05) is 5.75 Å². The predicted molar refractivity (Wildman–Crippen MR) is 99.1 cm³/mol. The van der Waals surface area contributed by atoms with Crippen molar-refractivity contribution >= 4 is 43.6 Å². The molecule has 5 nitrogen and oxygen atoms in total. The second kappa shape index (κ2) is 6.47. The summed E-state index contributed by atoms with van der Waals surface area (Å²) in [6.07, 6.45) is -1.73. The number of fused-ring (bicyclic) bond motifs is 2. The lowest BCUT2D eigenvalue weighted by Gasteiger charge is -2.13. The van der Waals surface area contributed by atoms with E-state index in [0.717, 1.165) is 22.3 Å². The standard InChI is InChI=1S/C17H13F3N4OS2/c1-3-27(25)15-9-4-5-26-12(9)8-22-14(15)16-23-10-6-13(17(18,19)20)21-7-11(10)24(16)2/h4-8H,3H2,1-2H3. The maximum Gasteiger partial charge on any atom is 0.433 e. The molecule has 0 aromatic carbocycles. The highest BCUT2D eigenvalue weighted by Crippen LogP contribution is 2.36. The molecule has 1 unspecified atom stereocenters. The molecule has 0 fully saturated rings. The van der Waals surface area contributed by atoms with E-state index in [4.69, 9.17) is 0 Å². The summed E-state index contributed by atoms with van der Waals surface area (Å²) in [5.74, 6) is 0.754. The van der Waals surface area contributed by atoms with Gasteiger partial charge in [-0.05, 0) is 35.6 Å². The third-order valence-electron chi connectivity index (χ3n) is 4.23. The van der Waals surface area contributed by atoms with E-state index in [2.05, 4.69) is 15.0 Å². The van der Waals surface area contributed by atoms with Crippen molar-refractivity contribution in [2.24, 2.45) is 7.05 Å². The molecule has 27 heavy (non-hydrogen) atoms. The topological polar surface area (TPSA) is 66.7 Å². The summed E-state index contributed by atoms with van der Waals surface area (Å²) in [7, 11) is 1.68. The third-order valence-corrected chi connectivity index (χ3v) is 6.47. The second-order valence-electron chi connectivity index (χ2n) is 5.82. The molecule has 0 radical (unpaired) electrons. The average molecular weight is 410 g/mol. The van der Waals surface area contributed by atoms with Crippen LogP contribution in [-0.4, -0.2) is 29.8 Å². The molecule has 4 rings (SSSR count). The lowest BCUT2D eigenvalue weighted by molar-refractivity contribution is -0.141. The molecule has 0 aliphatic heterocycles. The van der Waals surface area contributed by atoms with Gasteiger partial charge >= 0.3 is 6.18 Å². The highest BCUT2D eigenvalue weighted by Gasteiger charge is 2.33. The van der Waals surface area contributed by atoms with E-state index in [1.54, 1.807) is 24.7 Å². The monoisotopic (exact) mass is 410 g/mol. The SMILES string of the molecule is CC[S+]([O-])c1c(-c2nc3cc(C(F)(F)F)ncc3n2C)ncc2sccc12. The lowest BCUT2D eigenvalue weighted by atomic mass is 10.2. The molecule has 0 N–H and O–H groups in total. The van der Waals surface area contributed by atoms with Crippen molar-refractivity contribution in [3.63, 3.8) is 0 Å². The summed E-state index contributed by atoms with van der Waals surface area (Å²) in [4.78, 5) is 12.8. The maximum absolute atomic E-state index is 13.0. The Labute approximate surface area is 159 Å². The predicted octanol–water partition coefficient (Wildman–Crippen LogP) is 4.39. The van der Waals surface area contributed by atoms with Crippen LogP contribution in [0.1, 0.15) is 12.6 Å². The molecule has 4 heterocycles. The van der Waals surface area contributed by atoms with Gasteiger partial charge in [-0.25, -0.2) is 15.0 Å². The van der Waals surface area contributed by atoms with Gasteiger partial charge in [-0.3, -0.25) is 0 Å². The van der Waals surface area contributed by atoms with Crippen molar-refractivity contribution in [2.45, 2.75) is 18.0 Å². The van der Waals surface area contributed by atoms with Gasteiger partial charge in [-0.15, -0.1) is 11.3 Å². The highest BCUT2D eigenvalue weighted by molar-refractivity contribution is 7.91. The van der Waals surface area contributed by atoms with Crippen molar-refractivity contribution in [1.82, 2.24) is 19.5 Å². The van der Waals surface area contributed by atoms with Crippen LogP contribution < -0.4 is 0 Å². The zero-order valence-electron chi connectivity index (χ0n) is 14.2. The number of hydrogen-bond acceptors (Lipinski definition) is 5. The van der Waals surface area contributed by atoms with E-state index < -0.39 is 23.0 Å². The van der Waals surface area contributed by atoms with E-state index in [-0.39, 0.29) is 5.52 Å². The number of halogens is 3. The zero-order valence-corrected chi connectivity index (χ0v) is 15.9. The molecule has 0 saturated heterocycles. The van der Waals surface area contributed by atoms with Crippen LogP contribution >= 0.6 is 11.3 Å². The number of aromatic nitrogens is 4. The quantitative estimate of drug-likeness (QED) is 0.470. The van der Waals surface area contributed by atoms with Gasteiger partial charge in [-0.1, -0.05) is 0 Å². The lowest BCUT2D eigenvalue weighted by Crippen LogP contribution is -2.09. The summed E-state index contributed by atoms with van der Waals surface area (Å²) >= 11 is 0.179. The number of aryl methyl sites for hydroxylation is 1. The Morgan fingerprint density at radius 2 is 2.04 bits per heavy atom. The molecule has 140 valence electrons. The number of imidazole rings is 1. The van der Waals surface area contributed by atoms with Gasteiger partial charge in [0, 0.05) is 13.2 Å². The number of alkyl halides is 3. The molecule has 0 bridgehead atoms. The smallest absolute Gasteiger partial charge is 0.433 e. The molecular formula is C17H13F3N4OS2. The molecule has 4 aromatic heterocycles. The molecule has 10 heteroatoms. The first-order valence-corrected chi connectivity index (χ1v) is 10.2. The van der Waals surface area contributed by atoms with Gasteiger partial charge in [0.05, 0.1) is 27.3 Å². The van der Waals surface area contributed by atoms with Crippen molar-refractivity contribution in [3.8, 4) is 11.5 Å². The van der Waals surface area contributed by atoms with Gasteiger partial charge < -0.3 is 9.12 Å². The van der Waals surface area contributed by atoms with Gasteiger partial charge in [0.15, 0.2) is 16.4 Å². The molecular weight excluding hydrogens is 397 g/mol. The fourth-order valence-electron chi connectivity index (χ4n) is 2.91. The van der Waals surface area contributed by atoms with Crippen molar-refractivity contribution in [1.29, 1.82) is 0 Å². The summed E-state index contributed by atoms with van der Waals surface area (Å²) in [5, 5.41) is 2.72. The Hall–Kier alpha value is -2.17. The van der Waals surface area contributed by atoms with Gasteiger partial charge in [-0.2, -0.15) is 13.2 Å². The second-order valence-corrected chi connectivity index (χ2v) is 8.44. The Balaban J connectivity index is 1.98.